The van der Waals surface area contributed by atoms with Crippen molar-refractivity contribution in [3.8, 4) is 0 Å². The van der Waals surface area contributed by atoms with Crippen LogP contribution in [0.1, 0.15) is 30.9 Å². The average Bonchev–Trinajstić information content (AvgIpc) is 2.40. The molecule has 0 heterocycles. The van der Waals surface area contributed by atoms with Gasteiger partial charge in [0, 0.05) is 12.2 Å². The molecule has 0 aliphatic heterocycles. The lowest BCUT2D eigenvalue weighted by atomic mass is 10.1. The molecular weight excluding hydrogens is 252 g/mol. The molecule has 0 fully saturated rings. The molecule has 0 saturated carbocycles. The van der Waals surface area contributed by atoms with E-state index < -0.39 is 0 Å². The molecule has 4 heteroatoms. The molecule has 1 amide bonds. The summed E-state index contributed by atoms with van der Waals surface area (Å²) in [6, 6.07) is 5.91. The Bertz CT molecular complexity index is 432. The Labute approximate surface area is 121 Å². The predicted molar refractivity (Wildman–Crippen MR) is 83.0 cm³/mol. The maximum atomic E-state index is 12.0. The molecule has 0 spiro atoms. The molecule has 0 aliphatic rings. The molecule has 0 atom stereocenters. The van der Waals surface area contributed by atoms with Gasteiger partial charge in [-0.15, -0.1) is 0 Å². The third-order valence-corrected chi connectivity index (χ3v) is 3.40. The van der Waals surface area contributed by atoms with Crippen molar-refractivity contribution in [1.29, 1.82) is 0 Å². The Morgan fingerprint density at radius 3 is 2.60 bits per heavy atom. The zero-order chi connectivity index (χ0) is 15.0. The van der Waals surface area contributed by atoms with E-state index >= 15 is 0 Å². The van der Waals surface area contributed by atoms with E-state index in [-0.39, 0.29) is 12.5 Å². The normalized spacial score (nSPS) is 10.8. The van der Waals surface area contributed by atoms with Gasteiger partial charge >= 0.3 is 0 Å². The highest BCUT2D eigenvalue weighted by atomic mass is 16.3. The molecule has 0 unspecified atom stereocenters. The number of aliphatic hydroxyl groups excluding tert-OH is 1. The minimum atomic E-state index is -0.0298. The van der Waals surface area contributed by atoms with E-state index in [1.807, 2.05) is 30.0 Å². The van der Waals surface area contributed by atoms with Crippen LogP contribution in [0.3, 0.4) is 0 Å². The Balaban J connectivity index is 2.53. The highest BCUT2D eigenvalue weighted by molar-refractivity contribution is 5.92. The monoisotopic (exact) mass is 278 g/mol. The average molecular weight is 278 g/mol. The van der Waals surface area contributed by atoms with Crippen molar-refractivity contribution >= 4 is 11.6 Å². The molecule has 0 bridgehead atoms. The first-order chi connectivity index (χ1) is 9.56. The fourth-order valence-electron chi connectivity index (χ4n) is 2.02. The minimum absolute atomic E-state index is 0.0298. The summed E-state index contributed by atoms with van der Waals surface area (Å²) in [6.45, 7) is 8.00. The van der Waals surface area contributed by atoms with E-state index in [2.05, 4.69) is 19.2 Å². The minimum Gasteiger partial charge on any atom is -0.395 e. The predicted octanol–water partition coefficient (Wildman–Crippen LogP) is 2.34. The van der Waals surface area contributed by atoms with E-state index in [4.69, 9.17) is 5.11 Å². The van der Waals surface area contributed by atoms with Gasteiger partial charge in [-0.05, 0) is 50.1 Å². The SMILES string of the molecule is CCCCN(CCO)CC(=O)Nc1ccc(C)c(C)c1. The molecular formula is C16H26N2O2. The van der Waals surface area contributed by atoms with E-state index in [1.165, 1.54) is 11.1 Å². The standard InChI is InChI=1S/C16H26N2O2/c1-4-5-8-18(9-10-19)12-16(20)17-15-7-6-13(2)14(3)11-15/h6-7,11,19H,4-5,8-10,12H2,1-3H3,(H,17,20). The van der Waals surface area contributed by atoms with Crippen LogP contribution >= 0.6 is 0 Å². The van der Waals surface area contributed by atoms with Crippen LogP contribution in [0.5, 0.6) is 0 Å². The van der Waals surface area contributed by atoms with Crippen molar-refractivity contribution in [2.45, 2.75) is 33.6 Å². The summed E-state index contributed by atoms with van der Waals surface area (Å²) in [6.07, 6.45) is 2.12. The number of anilines is 1. The number of amides is 1. The summed E-state index contributed by atoms with van der Waals surface area (Å²) in [5.41, 5.74) is 3.21. The lowest BCUT2D eigenvalue weighted by Crippen LogP contribution is -2.35. The number of hydrogen-bond acceptors (Lipinski definition) is 3. The Kier molecular flexibility index (Phi) is 7.26. The van der Waals surface area contributed by atoms with Gasteiger partial charge in [0.05, 0.1) is 13.2 Å². The largest absolute Gasteiger partial charge is 0.395 e. The number of nitrogens with zero attached hydrogens (tertiary/aromatic N) is 1. The summed E-state index contributed by atoms with van der Waals surface area (Å²) in [4.78, 5) is 14.0. The van der Waals surface area contributed by atoms with Gasteiger partial charge in [0.1, 0.15) is 0 Å². The molecule has 0 radical (unpaired) electrons. The van der Waals surface area contributed by atoms with E-state index in [9.17, 15) is 4.79 Å². The Hall–Kier alpha value is -1.39. The Morgan fingerprint density at radius 2 is 2.00 bits per heavy atom. The molecule has 4 nitrogen and oxygen atoms in total. The molecule has 112 valence electrons. The zero-order valence-corrected chi connectivity index (χ0v) is 12.8. The van der Waals surface area contributed by atoms with Crippen LogP contribution in [0.25, 0.3) is 0 Å². The molecule has 1 aromatic carbocycles. The van der Waals surface area contributed by atoms with Gasteiger partial charge in [0.15, 0.2) is 0 Å². The summed E-state index contributed by atoms with van der Waals surface area (Å²) in [5, 5.41) is 11.9. The van der Waals surface area contributed by atoms with Gasteiger partial charge in [-0.2, -0.15) is 0 Å². The number of aryl methyl sites for hydroxylation is 2. The fourth-order valence-corrected chi connectivity index (χ4v) is 2.02. The summed E-state index contributed by atoms with van der Waals surface area (Å²) in [7, 11) is 0. The van der Waals surface area contributed by atoms with E-state index in [0.29, 0.717) is 13.1 Å². The second-order valence-corrected chi connectivity index (χ2v) is 5.20. The number of carbonyl (C=O) groups excluding carboxylic acids is 1. The summed E-state index contributed by atoms with van der Waals surface area (Å²) in [5.74, 6) is -0.0298. The second-order valence-electron chi connectivity index (χ2n) is 5.20. The van der Waals surface area contributed by atoms with Crippen molar-refractivity contribution in [3.63, 3.8) is 0 Å². The third kappa shape index (κ3) is 5.72. The van der Waals surface area contributed by atoms with E-state index in [0.717, 1.165) is 25.1 Å². The van der Waals surface area contributed by atoms with Gasteiger partial charge in [-0.3, -0.25) is 9.69 Å². The maximum Gasteiger partial charge on any atom is 0.238 e. The molecule has 2 N–H and O–H groups in total. The molecule has 1 rings (SSSR count). The molecule has 0 saturated heterocycles. The number of benzene rings is 1. The number of rotatable bonds is 8. The Morgan fingerprint density at radius 1 is 1.25 bits per heavy atom. The topological polar surface area (TPSA) is 52.6 Å². The number of carbonyl (C=O) groups is 1. The van der Waals surface area contributed by atoms with Crippen LogP contribution < -0.4 is 5.32 Å². The van der Waals surface area contributed by atoms with Crippen molar-refractivity contribution in [3.05, 3.63) is 29.3 Å². The summed E-state index contributed by atoms with van der Waals surface area (Å²) >= 11 is 0. The third-order valence-electron chi connectivity index (χ3n) is 3.40. The number of hydrogen-bond donors (Lipinski definition) is 2. The van der Waals surface area contributed by atoms with Crippen molar-refractivity contribution < 1.29 is 9.90 Å². The maximum absolute atomic E-state index is 12.0. The number of aliphatic hydroxyl groups is 1. The van der Waals surface area contributed by atoms with Crippen LogP contribution in [0.2, 0.25) is 0 Å². The lowest BCUT2D eigenvalue weighted by molar-refractivity contribution is -0.117. The smallest absolute Gasteiger partial charge is 0.238 e. The number of nitrogens with one attached hydrogen (secondary N) is 1. The molecule has 20 heavy (non-hydrogen) atoms. The first kappa shape index (κ1) is 16.7. The lowest BCUT2D eigenvalue weighted by Gasteiger charge is -2.20. The van der Waals surface area contributed by atoms with E-state index in [1.54, 1.807) is 0 Å². The fraction of sp³-hybridized carbons (Fsp3) is 0.562. The summed E-state index contributed by atoms with van der Waals surface area (Å²) < 4.78 is 0. The van der Waals surface area contributed by atoms with Crippen LogP contribution in [0.4, 0.5) is 5.69 Å². The molecule has 1 aromatic rings. The first-order valence-corrected chi connectivity index (χ1v) is 7.27. The van der Waals surface area contributed by atoms with Crippen LogP contribution in [-0.4, -0.2) is 42.2 Å². The number of unbranched alkanes of at least 4 members (excludes halogenated alkanes) is 1. The van der Waals surface area contributed by atoms with Gasteiger partial charge in [-0.25, -0.2) is 0 Å². The van der Waals surface area contributed by atoms with Gasteiger partial charge < -0.3 is 10.4 Å². The first-order valence-electron chi connectivity index (χ1n) is 7.27. The highest BCUT2D eigenvalue weighted by Crippen LogP contribution is 2.14. The molecule has 0 aliphatic carbocycles. The van der Waals surface area contributed by atoms with Crippen LogP contribution in [0.15, 0.2) is 18.2 Å². The van der Waals surface area contributed by atoms with Crippen molar-refractivity contribution in [1.82, 2.24) is 4.90 Å². The quantitative estimate of drug-likeness (QED) is 0.767. The van der Waals surface area contributed by atoms with Crippen LogP contribution in [0, 0.1) is 13.8 Å². The molecule has 0 aromatic heterocycles. The second kappa shape index (κ2) is 8.72. The van der Waals surface area contributed by atoms with Crippen molar-refractivity contribution in [2.24, 2.45) is 0 Å². The van der Waals surface area contributed by atoms with Crippen molar-refractivity contribution in [2.75, 3.05) is 31.6 Å². The zero-order valence-electron chi connectivity index (χ0n) is 12.8. The highest BCUT2D eigenvalue weighted by Gasteiger charge is 2.10. The van der Waals surface area contributed by atoms with Gasteiger partial charge in [-0.1, -0.05) is 19.4 Å². The van der Waals surface area contributed by atoms with Gasteiger partial charge in [0.2, 0.25) is 5.91 Å². The van der Waals surface area contributed by atoms with Gasteiger partial charge in [0.25, 0.3) is 0 Å². The van der Waals surface area contributed by atoms with Crippen LogP contribution in [-0.2, 0) is 4.79 Å².